The fourth-order valence-electron chi connectivity index (χ4n) is 1.40. The summed E-state index contributed by atoms with van der Waals surface area (Å²) in [5.41, 5.74) is 2.04. The predicted molar refractivity (Wildman–Crippen MR) is 58.3 cm³/mol. The van der Waals surface area contributed by atoms with Crippen molar-refractivity contribution >= 4 is 5.91 Å². The van der Waals surface area contributed by atoms with E-state index in [0.29, 0.717) is 0 Å². The molecule has 0 unspecified atom stereocenters. The van der Waals surface area contributed by atoms with E-state index in [1.54, 1.807) is 0 Å². The van der Waals surface area contributed by atoms with Crippen molar-refractivity contribution in [2.45, 2.75) is 26.3 Å². The van der Waals surface area contributed by atoms with Crippen LogP contribution in [0.25, 0.3) is 0 Å². The normalized spacial score (nSPS) is 10.6. The zero-order chi connectivity index (χ0) is 12.1. The lowest BCUT2D eigenvalue weighted by molar-refractivity contribution is -0.141. The van der Waals surface area contributed by atoms with E-state index in [4.69, 9.17) is 0 Å². The highest BCUT2D eigenvalue weighted by atomic mass is 19.3. The molecular weight excluding hydrogens is 212 g/mol. The molecule has 1 rings (SSSR count). The molecule has 16 heavy (non-hydrogen) atoms. The molecule has 0 fully saturated rings. The highest BCUT2D eigenvalue weighted by Gasteiger charge is 2.19. The van der Waals surface area contributed by atoms with E-state index in [1.165, 1.54) is 12.6 Å². The van der Waals surface area contributed by atoms with Crippen LogP contribution in [0, 0.1) is 0 Å². The number of carbonyl (C=O) groups excluding carboxylic acids is 1. The van der Waals surface area contributed by atoms with Gasteiger partial charge in [-0.15, -0.1) is 0 Å². The first-order valence-electron chi connectivity index (χ1n) is 5.15. The van der Waals surface area contributed by atoms with Gasteiger partial charge in [0.15, 0.2) is 0 Å². The minimum Gasteiger partial charge on any atom is -0.336 e. The SMILES string of the molecule is CCc1ccc(CN(C)C(=O)C(F)F)cc1. The third-order valence-corrected chi connectivity index (χ3v) is 2.41. The third kappa shape index (κ3) is 3.29. The molecule has 0 aliphatic carbocycles. The first-order valence-corrected chi connectivity index (χ1v) is 5.15. The van der Waals surface area contributed by atoms with Gasteiger partial charge in [0.2, 0.25) is 0 Å². The summed E-state index contributed by atoms with van der Waals surface area (Å²) in [7, 11) is 1.38. The fraction of sp³-hybridized carbons (Fsp3) is 0.417. The summed E-state index contributed by atoms with van der Waals surface area (Å²) in [4.78, 5) is 12.0. The van der Waals surface area contributed by atoms with Gasteiger partial charge < -0.3 is 4.90 Å². The Bertz CT molecular complexity index is 349. The molecular formula is C12H15F2NO. The lowest BCUT2D eigenvalue weighted by Crippen LogP contribution is -2.31. The van der Waals surface area contributed by atoms with E-state index in [-0.39, 0.29) is 6.54 Å². The molecule has 4 heteroatoms. The lowest BCUT2D eigenvalue weighted by atomic mass is 10.1. The van der Waals surface area contributed by atoms with Crippen molar-refractivity contribution in [1.29, 1.82) is 0 Å². The maximum Gasteiger partial charge on any atom is 0.315 e. The highest BCUT2D eigenvalue weighted by molar-refractivity contribution is 5.78. The number of halogens is 2. The highest BCUT2D eigenvalue weighted by Crippen LogP contribution is 2.09. The van der Waals surface area contributed by atoms with Crippen LogP contribution < -0.4 is 0 Å². The van der Waals surface area contributed by atoms with Crippen molar-refractivity contribution in [2.75, 3.05) is 7.05 Å². The molecule has 0 aromatic heterocycles. The van der Waals surface area contributed by atoms with Gasteiger partial charge in [-0.2, -0.15) is 8.78 Å². The lowest BCUT2D eigenvalue weighted by Gasteiger charge is -2.16. The Morgan fingerprint density at radius 1 is 1.25 bits per heavy atom. The number of carbonyl (C=O) groups is 1. The summed E-state index contributed by atoms with van der Waals surface area (Å²) in [5, 5.41) is 0. The van der Waals surface area contributed by atoms with Gasteiger partial charge in [0.25, 0.3) is 5.91 Å². The first kappa shape index (κ1) is 12.6. The smallest absolute Gasteiger partial charge is 0.315 e. The fourth-order valence-corrected chi connectivity index (χ4v) is 1.40. The standard InChI is InChI=1S/C12H15F2NO/c1-3-9-4-6-10(7-5-9)8-15(2)12(16)11(13)14/h4-7,11H,3,8H2,1-2H3. The quantitative estimate of drug-likeness (QED) is 0.773. The van der Waals surface area contributed by atoms with Crippen LogP contribution in [0.3, 0.4) is 0 Å². The first-order chi connectivity index (χ1) is 7.54. The molecule has 0 atom stereocenters. The van der Waals surface area contributed by atoms with E-state index < -0.39 is 12.3 Å². The van der Waals surface area contributed by atoms with Gasteiger partial charge in [0.1, 0.15) is 0 Å². The van der Waals surface area contributed by atoms with Crippen molar-refractivity contribution in [3.8, 4) is 0 Å². The molecule has 0 N–H and O–H groups in total. The average Bonchev–Trinajstić information content (AvgIpc) is 2.28. The van der Waals surface area contributed by atoms with E-state index in [1.807, 2.05) is 31.2 Å². The Morgan fingerprint density at radius 2 is 1.75 bits per heavy atom. The monoisotopic (exact) mass is 227 g/mol. The van der Waals surface area contributed by atoms with Crippen LogP contribution in [0.5, 0.6) is 0 Å². The minimum absolute atomic E-state index is 0.215. The van der Waals surface area contributed by atoms with Crippen molar-refractivity contribution in [2.24, 2.45) is 0 Å². The van der Waals surface area contributed by atoms with Gasteiger partial charge in [0.05, 0.1) is 0 Å². The molecule has 88 valence electrons. The van der Waals surface area contributed by atoms with Gasteiger partial charge in [-0.25, -0.2) is 0 Å². The number of benzene rings is 1. The molecule has 1 aromatic rings. The Hall–Kier alpha value is -1.45. The van der Waals surface area contributed by atoms with Crippen molar-refractivity contribution < 1.29 is 13.6 Å². The summed E-state index contributed by atoms with van der Waals surface area (Å²) >= 11 is 0. The molecule has 0 aliphatic heterocycles. The van der Waals surface area contributed by atoms with E-state index in [9.17, 15) is 13.6 Å². The summed E-state index contributed by atoms with van der Waals surface area (Å²) in [6.45, 7) is 2.26. The second-order valence-electron chi connectivity index (χ2n) is 3.67. The molecule has 0 spiro atoms. The molecule has 0 aliphatic rings. The second-order valence-corrected chi connectivity index (χ2v) is 3.67. The van der Waals surface area contributed by atoms with Crippen molar-refractivity contribution in [1.82, 2.24) is 4.90 Å². The number of nitrogens with zero attached hydrogens (tertiary/aromatic N) is 1. The number of hydrogen-bond donors (Lipinski definition) is 0. The maximum absolute atomic E-state index is 12.1. The van der Waals surface area contributed by atoms with Gasteiger partial charge in [-0.05, 0) is 17.5 Å². The van der Waals surface area contributed by atoms with Crippen LogP contribution >= 0.6 is 0 Å². The molecule has 1 aromatic carbocycles. The molecule has 0 radical (unpaired) electrons. The zero-order valence-corrected chi connectivity index (χ0v) is 9.41. The van der Waals surface area contributed by atoms with Crippen LogP contribution in [0.4, 0.5) is 8.78 Å². The van der Waals surface area contributed by atoms with Crippen LogP contribution in [0.2, 0.25) is 0 Å². The Balaban J connectivity index is 2.62. The van der Waals surface area contributed by atoms with Gasteiger partial charge in [-0.3, -0.25) is 4.79 Å². The number of aryl methyl sites for hydroxylation is 1. The van der Waals surface area contributed by atoms with E-state index in [0.717, 1.165) is 16.9 Å². The van der Waals surface area contributed by atoms with E-state index in [2.05, 4.69) is 0 Å². The topological polar surface area (TPSA) is 20.3 Å². The summed E-state index contributed by atoms with van der Waals surface area (Å²) in [5.74, 6) is -1.14. The van der Waals surface area contributed by atoms with Crippen LogP contribution in [-0.4, -0.2) is 24.3 Å². The second kappa shape index (κ2) is 5.58. The Morgan fingerprint density at radius 3 is 2.19 bits per heavy atom. The predicted octanol–water partition coefficient (Wildman–Crippen LogP) is 2.47. The van der Waals surface area contributed by atoms with Crippen LogP contribution in [0.15, 0.2) is 24.3 Å². The minimum atomic E-state index is -2.93. The number of hydrogen-bond acceptors (Lipinski definition) is 1. The third-order valence-electron chi connectivity index (χ3n) is 2.41. The molecule has 0 heterocycles. The number of alkyl halides is 2. The van der Waals surface area contributed by atoms with Gasteiger partial charge in [-0.1, -0.05) is 31.2 Å². The summed E-state index contributed by atoms with van der Waals surface area (Å²) < 4.78 is 24.2. The molecule has 2 nitrogen and oxygen atoms in total. The van der Waals surface area contributed by atoms with E-state index >= 15 is 0 Å². The summed E-state index contributed by atoms with van der Waals surface area (Å²) in [6.07, 6.45) is -1.99. The number of amides is 1. The zero-order valence-electron chi connectivity index (χ0n) is 9.41. The van der Waals surface area contributed by atoms with Gasteiger partial charge >= 0.3 is 6.43 Å². The number of rotatable bonds is 4. The largest absolute Gasteiger partial charge is 0.336 e. The molecule has 1 amide bonds. The molecule has 0 bridgehead atoms. The van der Waals surface area contributed by atoms with Crippen LogP contribution in [-0.2, 0) is 17.8 Å². The summed E-state index contributed by atoms with van der Waals surface area (Å²) in [6, 6.07) is 7.59. The van der Waals surface area contributed by atoms with Crippen molar-refractivity contribution in [3.63, 3.8) is 0 Å². The Labute approximate surface area is 93.9 Å². The Kier molecular flexibility index (Phi) is 4.40. The van der Waals surface area contributed by atoms with Crippen LogP contribution in [0.1, 0.15) is 18.1 Å². The van der Waals surface area contributed by atoms with Gasteiger partial charge in [0, 0.05) is 13.6 Å². The van der Waals surface area contributed by atoms with Crippen molar-refractivity contribution in [3.05, 3.63) is 35.4 Å². The average molecular weight is 227 g/mol. The maximum atomic E-state index is 12.1. The molecule has 0 saturated carbocycles. The molecule has 0 saturated heterocycles.